The third kappa shape index (κ3) is 4.57. The molecule has 10 nitrogen and oxygen atoms in total. The molecule has 0 saturated heterocycles. The summed E-state index contributed by atoms with van der Waals surface area (Å²) in [6.45, 7) is 0.175. The number of rotatable bonds is 6. The third-order valence-corrected chi connectivity index (χ3v) is 2.91. The van der Waals surface area contributed by atoms with E-state index in [1.54, 1.807) is 0 Å². The van der Waals surface area contributed by atoms with Gasteiger partial charge >= 0.3 is 6.01 Å². The van der Waals surface area contributed by atoms with E-state index >= 15 is 0 Å². The fraction of sp³-hybridized carbons (Fsp3) is 0.300. The van der Waals surface area contributed by atoms with Crippen molar-refractivity contribution in [2.45, 2.75) is 11.8 Å². The number of hydrogen-bond donors (Lipinski definition) is 3. The van der Waals surface area contributed by atoms with E-state index in [2.05, 4.69) is 25.5 Å². The fourth-order valence-electron chi connectivity index (χ4n) is 1.30. The summed E-state index contributed by atoms with van der Waals surface area (Å²) in [6, 6.07) is 1.43. The van der Waals surface area contributed by atoms with Gasteiger partial charge in [-0.2, -0.15) is 0 Å². The van der Waals surface area contributed by atoms with E-state index < -0.39 is 0 Å². The van der Waals surface area contributed by atoms with Gasteiger partial charge in [-0.25, -0.2) is 9.97 Å². The van der Waals surface area contributed by atoms with Crippen LogP contribution in [-0.2, 0) is 16.1 Å². The van der Waals surface area contributed by atoms with E-state index in [9.17, 15) is 4.79 Å². The maximum Gasteiger partial charge on any atom is 0.322 e. The zero-order valence-corrected chi connectivity index (χ0v) is 11.9. The van der Waals surface area contributed by atoms with Crippen LogP contribution in [-0.4, -0.2) is 38.9 Å². The summed E-state index contributed by atoms with van der Waals surface area (Å²) in [5, 5.41) is 10.1. The standard InChI is InChI=1S/C10H13N7O3S/c1-19-3-8-16-17-9(20-8)15-7(18)4-21-10-13-5(11)2-6(12)14-10/h2H,3-4H2,1H3,(H,15,17,18)(H4,11,12,13,14). The number of nitrogens with zero attached hydrogens (tertiary/aromatic N) is 4. The molecule has 0 unspecified atom stereocenters. The Hall–Kier alpha value is -2.40. The smallest absolute Gasteiger partial charge is 0.322 e. The predicted octanol–water partition coefficient (Wildman–Crippen LogP) is -0.0988. The van der Waals surface area contributed by atoms with Crippen molar-refractivity contribution in [2.75, 3.05) is 29.6 Å². The Kier molecular flexibility index (Phi) is 4.90. The molecule has 0 atom stereocenters. The van der Waals surface area contributed by atoms with Gasteiger partial charge in [-0.05, 0) is 0 Å². The van der Waals surface area contributed by atoms with Crippen molar-refractivity contribution in [3.8, 4) is 0 Å². The van der Waals surface area contributed by atoms with Crippen LogP contribution in [0, 0.1) is 0 Å². The third-order valence-electron chi connectivity index (χ3n) is 2.06. The van der Waals surface area contributed by atoms with Gasteiger partial charge in [0.15, 0.2) is 5.16 Å². The Morgan fingerprint density at radius 3 is 2.76 bits per heavy atom. The lowest BCUT2D eigenvalue weighted by Crippen LogP contribution is -2.14. The molecule has 2 aromatic heterocycles. The number of carbonyl (C=O) groups is 1. The Bertz CT molecular complexity index is 613. The van der Waals surface area contributed by atoms with Gasteiger partial charge in [0.2, 0.25) is 11.8 Å². The van der Waals surface area contributed by atoms with Crippen LogP contribution in [0.2, 0.25) is 0 Å². The molecule has 0 spiro atoms. The number of aromatic nitrogens is 4. The number of thioether (sulfide) groups is 1. The largest absolute Gasteiger partial charge is 0.405 e. The number of carbonyl (C=O) groups excluding carboxylic acids is 1. The Labute approximate surface area is 123 Å². The van der Waals surface area contributed by atoms with Crippen LogP contribution in [0.5, 0.6) is 0 Å². The highest BCUT2D eigenvalue weighted by Crippen LogP contribution is 2.16. The molecule has 112 valence electrons. The first-order valence-corrected chi connectivity index (χ1v) is 6.69. The van der Waals surface area contributed by atoms with Gasteiger partial charge in [-0.15, -0.1) is 5.10 Å². The molecule has 21 heavy (non-hydrogen) atoms. The summed E-state index contributed by atoms with van der Waals surface area (Å²) >= 11 is 1.08. The number of methoxy groups -OCH3 is 1. The van der Waals surface area contributed by atoms with Crippen LogP contribution in [0.1, 0.15) is 5.89 Å². The summed E-state index contributed by atoms with van der Waals surface area (Å²) in [5.41, 5.74) is 11.1. The minimum atomic E-state index is -0.350. The van der Waals surface area contributed by atoms with Crippen LogP contribution in [0.4, 0.5) is 17.7 Å². The van der Waals surface area contributed by atoms with Crippen molar-refractivity contribution in [3.05, 3.63) is 12.0 Å². The summed E-state index contributed by atoms with van der Waals surface area (Å²) in [5.74, 6) is 0.452. The van der Waals surface area contributed by atoms with E-state index in [-0.39, 0.29) is 41.8 Å². The molecule has 0 radical (unpaired) electrons. The Balaban J connectivity index is 1.86. The van der Waals surface area contributed by atoms with Crippen LogP contribution >= 0.6 is 11.8 Å². The molecule has 2 aromatic rings. The molecule has 0 aliphatic rings. The van der Waals surface area contributed by atoms with E-state index in [4.69, 9.17) is 20.6 Å². The second-order valence-electron chi connectivity index (χ2n) is 3.77. The zero-order valence-electron chi connectivity index (χ0n) is 11.1. The number of nitrogens with two attached hydrogens (primary N) is 2. The molecule has 11 heteroatoms. The molecule has 0 aliphatic heterocycles. The topological polar surface area (TPSA) is 155 Å². The van der Waals surface area contributed by atoms with Crippen molar-refractivity contribution in [1.29, 1.82) is 0 Å². The second-order valence-corrected chi connectivity index (χ2v) is 4.71. The molecule has 1 amide bonds. The van der Waals surface area contributed by atoms with E-state index in [1.807, 2.05) is 0 Å². The van der Waals surface area contributed by atoms with E-state index in [0.717, 1.165) is 11.8 Å². The monoisotopic (exact) mass is 311 g/mol. The van der Waals surface area contributed by atoms with Gasteiger partial charge in [0, 0.05) is 13.2 Å². The normalized spacial score (nSPS) is 10.5. The minimum Gasteiger partial charge on any atom is -0.405 e. The zero-order chi connectivity index (χ0) is 15.2. The maximum absolute atomic E-state index is 11.7. The second kappa shape index (κ2) is 6.85. The quantitative estimate of drug-likeness (QED) is 0.486. The maximum atomic E-state index is 11.7. The van der Waals surface area contributed by atoms with Gasteiger partial charge in [0.25, 0.3) is 0 Å². The number of nitrogens with one attached hydrogen (secondary N) is 1. The first-order chi connectivity index (χ1) is 10.1. The Morgan fingerprint density at radius 2 is 2.10 bits per heavy atom. The molecule has 0 aromatic carbocycles. The number of ether oxygens (including phenoxy) is 1. The molecule has 0 saturated carbocycles. The van der Waals surface area contributed by atoms with Crippen LogP contribution in [0.3, 0.4) is 0 Å². The number of anilines is 3. The summed E-state index contributed by atoms with van der Waals surface area (Å²) in [6.07, 6.45) is 0. The molecule has 2 heterocycles. The molecule has 0 aliphatic carbocycles. The van der Waals surface area contributed by atoms with Gasteiger partial charge in [0.1, 0.15) is 18.2 Å². The highest BCUT2D eigenvalue weighted by Gasteiger charge is 2.11. The summed E-state index contributed by atoms with van der Waals surface area (Å²) in [4.78, 5) is 19.6. The lowest BCUT2D eigenvalue weighted by molar-refractivity contribution is -0.113. The number of nitrogen functional groups attached to an aromatic ring is 2. The van der Waals surface area contributed by atoms with Gasteiger partial charge in [-0.3, -0.25) is 10.1 Å². The molecule has 5 N–H and O–H groups in total. The van der Waals surface area contributed by atoms with Crippen LogP contribution in [0.25, 0.3) is 0 Å². The molecular formula is C10H13N7O3S. The van der Waals surface area contributed by atoms with Gasteiger partial charge in [0.05, 0.1) is 5.75 Å². The van der Waals surface area contributed by atoms with Crippen molar-refractivity contribution in [3.63, 3.8) is 0 Å². The van der Waals surface area contributed by atoms with E-state index in [1.165, 1.54) is 13.2 Å². The summed E-state index contributed by atoms with van der Waals surface area (Å²) in [7, 11) is 1.50. The van der Waals surface area contributed by atoms with Crippen molar-refractivity contribution < 1.29 is 13.9 Å². The van der Waals surface area contributed by atoms with E-state index in [0.29, 0.717) is 5.16 Å². The average molecular weight is 311 g/mol. The number of amides is 1. The van der Waals surface area contributed by atoms with Crippen LogP contribution < -0.4 is 16.8 Å². The lowest BCUT2D eigenvalue weighted by atomic mass is 10.5. The van der Waals surface area contributed by atoms with Gasteiger partial charge < -0.3 is 20.6 Å². The number of hydrogen-bond acceptors (Lipinski definition) is 10. The molecular weight excluding hydrogens is 298 g/mol. The SMILES string of the molecule is COCc1nnc(NC(=O)CSc2nc(N)cc(N)n2)o1. The van der Waals surface area contributed by atoms with Crippen molar-refractivity contribution >= 4 is 35.3 Å². The first-order valence-electron chi connectivity index (χ1n) is 5.71. The first kappa shape index (κ1) is 15.0. The lowest BCUT2D eigenvalue weighted by Gasteiger charge is -2.02. The van der Waals surface area contributed by atoms with Crippen molar-refractivity contribution in [1.82, 2.24) is 20.2 Å². The summed E-state index contributed by atoms with van der Waals surface area (Å²) < 4.78 is 9.95. The fourth-order valence-corrected chi connectivity index (χ4v) is 1.97. The highest BCUT2D eigenvalue weighted by molar-refractivity contribution is 7.99. The average Bonchev–Trinajstić information content (AvgIpc) is 2.83. The van der Waals surface area contributed by atoms with Crippen LogP contribution in [0.15, 0.2) is 15.6 Å². The predicted molar refractivity (Wildman–Crippen MR) is 75.2 cm³/mol. The molecule has 0 bridgehead atoms. The van der Waals surface area contributed by atoms with Gasteiger partial charge in [-0.1, -0.05) is 16.9 Å². The minimum absolute atomic E-state index is 0.000609. The van der Waals surface area contributed by atoms with Crippen molar-refractivity contribution in [2.24, 2.45) is 0 Å². The molecule has 2 rings (SSSR count). The highest BCUT2D eigenvalue weighted by atomic mass is 32.2. The Morgan fingerprint density at radius 1 is 1.38 bits per heavy atom. The molecule has 0 fully saturated rings.